The first-order valence-corrected chi connectivity index (χ1v) is 4.88. The van der Waals surface area contributed by atoms with Crippen molar-refractivity contribution in [1.82, 2.24) is 0 Å². The Hall–Kier alpha value is -1.28. The number of carbonyl (C=O) groups excluding carboxylic acids is 1. The predicted octanol–water partition coefficient (Wildman–Crippen LogP) is 3.12. The Balaban J connectivity index is 2.68. The first kappa shape index (κ1) is 8.32. The van der Waals surface area contributed by atoms with Crippen LogP contribution in [0.5, 0.6) is 0 Å². The summed E-state index contributed by atoms with van der Waals surface area (Å²) in [5.41, 5.74) is 0.863. The summed E-state index contributed by atoms with van der Waals surface area (Å²) in [4.78, 5) is 11.4. The Bertz CT molecular complexity index is 432. The van der Waals surface area contributed by atoms with Crippen molar-refractivity contribution in [3.8, 4) is 0 Å². The molecular formula is C11H8OS. The van der Waals surface area contributed by atoms with Crippen molar-refractivity contribution < 1.29 is 4.79 Å². The normalized spacial score (nSPS) is 10.2. The molecule has 0 bridgehead atoms. The van der Waals surface area contributed by atoms with Gasteiger partial charge in [0.2, 0.25) is 0 Å². The highest BCUT2D eigenvalue weighted by atomic mass is 32.2. The minimum Gasteiger partial charge on any atom is -0.291 e. The highest BCUT2D eigenvalue weighted by molar-refractivity contribution is 8.12. The topological polar surface area (TPSA) is 17.1 Å². The maximum Gasteiger partial charge on any atom is 0.180 e. The van der Waals surface area contributed by atoms with Gasteiger partial charge in [0, 0.05) is 4.90 Å². The molecule has 0 saturated carbocycles. The summed E-state index contributed by atoms with van der Waals surface area (Å²) in [7, 11) is 0. The lowest BCUT2D eigenvalue weighted by molar-refractivity contribution is 0.570. The van der Waals surface area contributed by atoms with E-state index < -0.39 is 0 Å². The minimum absolute atomic E-state index is 0.863. The SMILES string of the molecule is O=CSc1cccc2ccccc12. The van der Waals surface area contributed by atoms with Crippen LogP contribution in [0.15, 0.2) is 47.4 Å². The standard InChI is InChI=1S/C11H8OS/c12-8-13-11-7-3-5-9-4-1-2-6-10(9)11/h1-8H. The van der Waals surface area contributed by atoms with Crippen LogP contribution in [-0.4, -0.2) is 5.62 Å². The molecule has 13 heavy (non-hydrogen) atoms. The highest BCUT2D eigenvalue weighted by Gasteiger charge is 1.98. The van der Waals surface area contributed by atoms with E-state index >= 15 is 0 Å². The number of fused-ring (bicyclic) bond motifs is 1. The number of hydrogen-bond acceptors (Lipinski definition) is 2. The smallest absolute Gasteiger partial charge is 0.180 e. The Morgan fingerprint density at radius 1 is 1.00 bits per heavy atom. The summed E-state index contributed by atoms with van der Waals surface area (Å²) in [6.45, 7) is 0. The fourth-order valence-corrected chi connectivity index (χ4v) is 1.92. The van der Waals surface area contributed by atoms with Crippen molar-refractivity contribution in [2.45, 2.75) is 4.90 Å². The molecule has 0 fully saturated rings. The molecule has 0 aliphatic heterocycles. The third kappa shape index (κ3) is 1.58. The molecule has 0 unspecified atom stereocenters. The number of carbonyl (C=O) groups is 1. The summed E-state index contributed by atoms with van der Waals surface area (Å²) in [6.07, 6.45) is 0. The van der Waals surface area contributed by atoms with Gasteiger partial charge in [-0.1, -0.05) is 48.2 Å². The molecule has 0 aliphatic carbocycles. The third-order valence-electron chi connectivity index (χ3n) is 1.92. The van der Waals surface area contributed by atoms with Crippen LogP contribution in [0.25, 0.3) is 10.8 Å². The molecule has 1 nitrogen and oxygen atoms in total. The second-order valence-corrected chi connectivity index (χ2v) is 3.56. The quantitative estimate of drug-likeness (QED) is 0.532. The largest absolute Gasteiger partial charge is 0.291 e. The third-order valence-corrected chi connectivity index (χ3v) is 2.63. The van der Waals surface area contributed by atoms with Crippen molar-refractivity contribution >= 4 is 28.2 Å². The van der Waals surface area contributed by atoms with Crippen LogP contribution < -0.4 is 0 Å². The van der Waals surface area contributed by atoms with Crippen molar-refractivity contribution in [3.63, 3.8) is 0 Å². The summed E-state index contributed by atoms with van der Waals surface area (Å²) in [6, 6.07) is 14.0. The molecule has 0 aromatic heterocycles. The van der Waals surface area contributed by atoms with Crippen LogP contribution in [0.1, 0.15) is 0 Å². The molecule has 0 N–H and O–H groups in total. The molecule has 2 heteroatoms. The van der Waals surface area contributed by atoms with Gasteiger partial charge in [0.1, 0.15) is 0 Å². The molecular weight excluding hydrogens is 180 g/mol. The van der Waals surface area contributed by atoms with Crippen molar-refractivity contribution in [2.75, 3.05) is 0 Å². The zero-order valence-corrected chi connectivity index (χ0v) is 7.75. The van der Waals surface area contributed by atoms with Crippen LogP contribution >= 0.6 is 11.8 Å². The summed E-state index contributed by atoms with van der Waals surface area (Å²) >= 11 is 1.22. The van der Waals surface area contributed by atoms with Crippen LogP contribution in [0.3, 0.4) is 0 Å². The van der Waals surface area contributed by atoms with E-state index in [1.54, 1.807) is 0 Å². The Morgan fingerprint density at radius 3 is 2.62 bits per heavy atom. The van der Waals surface area contributed by atoms with E-state index in [1.165, 1.54) is 17.1 Å². The highest BCUT2D eigenvalue weighted by Crippen LogP contribution is 2.25. The number of hydrogen-bond donors (Lipinski definition) is 0. The number of rotatable bonds is 2. The monoisotopic (exact) mass is 188 g/mol. The zero-order valence-electron chi connectivity index (χ0n) is 6.94. The molecule has 0 saturated heterocycles. The van der Waals surface area contributed by atoms with E-state index in [4.69, 9.17) is 0 Å². The Labute approximate surface area is 80.8 Å². The molecule has 2 rings (SSSR count). The van der Waals surface area contributed by atoms with Crippen LogP contribution in [0.2, 0.25) is 0 Å². The van der Waals surface area contributed by atoms with Gasteiger partial charge in [0.15, 0.2) is 5.62 Å². The number of thioether (sulfide) groups is 1. The molecule has 0 spiro atoms. The van der Waals surface area contributed by atoms with Gasteiger partial charge in [0.05, 0.1) is 0 Å². The van der Waals surface area contributed by atoms with Gasteiger partial charge in [0.25, 0.3) is 0 Å². The lowest BCUT2D eigenvalue weighted by atomic mass is 10.1. The molecule has 0 radical (unpaired) electrons. The van der Waals surface area contributed by atoms with Gasteiger partial charge in [-0.25, -0.2) is 0 Å². The van der Waals surface area contributed by atoms with Gasteiger partial charge in [-0.3, -0.25) is 4.79 Å². The van der Waals surface area contributed by atoms with E-state index in [-0.39, 0.29) is 0 Å². The minimum atomic E-state index is 0.863. The first-order valence-electron chi connectivity index (χ1n) is 4.00. The zero-order chi connectivity index (χ0) is 9.10. The van der Waals surface area contributed by atoms with Crippen LogP contribution in [0, 0.1) is 0 Å². The fraction of sp³-hybridized carbons (Fsp3) is 0. The number of benzene rings is 2. The second-order valence-electron chi connectivity index (χ2n) is 2.69. The van der Waals surface area contributed by atoms with Gasteiger partial charge in [-0.15, -0.1) is 0 Å². The molecule has 64 valence electrons. The molecule has 0 amide bonds. The average molecular weight is 188 g/mol. The van der Waals surface area contributed by atoms with E-state index in [1.807, 2.05) is 42.5 Å². The molecule has 2 aromatic carbocycles. The van der Waals surface area contributed by atoms with Gasteiger partial charge < -0.3 is 0 Å². The summed E-state index contributed by atoms with van der Waals surface area (Å²) in [5, 5.41) is 2.32. The average Bonchev–Trinajstić information content (AvgIpc) is 2.19. The molecule has 0 aliphatic rings. The maximum absolute atomic E-state index is 10.4. The van der Waals surface area contributed by atoms with Gasteiger partial charge in [-0.05, 0) is 16.8 Å². The van der Waals surface area contributed by atoms with Crippen molar-refractivity contribution in [2.24, 2.45) is 0 Å². The van der Waals surface area contributed by atoms with E-state index in [0.29, 0.717) is 0 Å². The van der Waals surface area contributed by atoms with Crippen LogP contribution in [0.4, 0.5) is 0 Å². The lowest BCUT2D eigenvalue weighted by Gasteiger charge is -2.00. The van der Waals surface area contributed by atoms with E-state index in [9.17, 15) is 4.79 Å². The van der Waals surface area contributed by atoms with Gasteiger partial charge in [-0.2, -0.15) is 0 Å². The fourth-order valence-electron chi connectivity index (χ4n) is 1.35. The van der Waals surface area contributed by atoms with Crippen LogP contribution in [-0.2, 0) is 4.79 Å². The molecule has 2 aromatic rings. The maximum atomic E-state index is 10.4. The lowest BCUT2D eigenvalue weighted by Crippen LogP contribution is -1.76. The van der Waals surface area contributed by atoms with Crippen molar-refractivity contribution in [1.29, 1.82) is 0 Å². The molecule has 0 heterocycles. The Kier molecular flexibility index (Phi) is 2.32. The Morgan fingerprint density at radius 2 is 1.77 bits per heavy atom. The first-order chi connectivity index (χ1) is 6.42. The van der Waals surface area contributed by atoms with E-state index in [2.05, 4.69) is 0 Å². The predicted molar refractivity (Wildman–Crippen MR) is 56.6 cm³/mol. The summed E-state index contributed by atoms with van der Waals surface area (Å²) < 4.78 is 0. The summed E-state index contributed by atoms with van der Waals surface area (Å²) in [5.74, 6) is 0. The van der Waals surface area contributed by atoms with E-state index in [0.717, 1.165) is 15.9 Å². The molecule has 0 atom stereocenters. The van der Waals surface area contributed by atoms with Gasteiger partial charge >= 0.3 is 0 Å². The van der Waals surface area contributed by atoms with Crippen molar-refractivity contribution in [3.05, 3.63) is 42.5 Å². The second kappa shape index (κ2) is 3.62.